The number of carbonyl (C=O) groups excluding carboxylic acids is 1. The predicted molar refractivity (Wildman–Crippen MR) is 77.2 cm³/mol. The van der Waals surface area contributed by atoms with Gasteiger partial charge < -0.3 is 10.2 Å². The second kappa shape index (κ2) is 6.33. The second-order valence-corrected chi connectivity index (χ2v) is 5.48. The molecule has 0 aliphatic carbocycles. The third kappa shape index (κ3) is 2.83. The second-order valence-electron chi connectivity index (χ2n) is 5.48. The molecule has 2 aliphatic heterocycles. The summed E-state index contributed by atoms with van der Waals surface area (Å²) in [4.78, 5) is 21.6. The summed E-state index contributed by atoms with van der Waals surface area (Å²) >= 11 is 0. The Hall–Kier alpha value is -1.46. The van der Waals surface area contributed by atoms with Crippen LogP contribution in [-0.4, -0.2) is 60.0 Å². The van der Waals surface area contributed by atoms with E-state index in [4.69, 9.17) is 0 Å². The van der Waals surface area contributed by atoms with E-state index in [0.29, 0.717) is 0 Å². The Morgan fingerprint density at radius 2 is 1.90 bits per heavy atom. The summed E-state index contributed by atoms with van der Waals surface area (Å²) in [7, 11) is 0. The highest BCUT2D eigenvalue weighted by atomic mass is 16.2. The first kappa shape index (κ1) is 13.5. The number of likely N-dealkylation sites (tertiary alicyclic amines) is 1. The number of hydrogen-bond donors (Lipinski definition) is 1. The maximum atomic E-state index is 12.9. The zero-order valence-electron chi connectivity index (χ0n) is 11.8. The van der Waals surface area contributed by atoms with Gasteiger partial charge in [0, 0.05) is 32.4 Å². The van der Waals surface area contributed by atoms with Gasteiger partial charge in [-0.2, -0.15) is 0 Å². The molecule has 1 unspecified atom stereocenters. The number of nitrogens with zero attached hydrogens (tertiary/aromatic N) is 3. The molecule has 0 saturated carbocycles. The summed E-state index contributed by atoms with van der Waals surface area (Å²) in [5.41, 5.74) is 0.887. The SMILES string of the molecule is O=C(C(c1ccccn1)N1CCCC1)N1CCNCC1. The average molecular weight is 274 g/mol. The van der Waals surface area contributed by atoms with Gasteiger partial charge in [0.2, 0.25) is 5.91 Å². The summed E-state index contributed by atoms with van der Waals surface area (Å²) in [6.07, 6.45) is 4.14. The number of carbonyl (C=O) groups is 1. The highest BCUT2D eigenvalue weighted by Crippen LogP contribution is 2.25. The van der Waals surface area contributed by atoms with Gasteiger partial charge in [-0.05, 0) is 38.1 Å². The molecule has 1 atom stereocenters. The Morgan fingerprint density at radius 1 is 1.15 bits per heavy atom. The minimum atomic E-state index is -0.197. The van der Waals surface area contributed by atoms with Crippen LogP contribution in [0.4, 0.5) is 0 Å². The minimum absolute atomic E-state index is 0.197. The average Bonchev–Trinajstić information content (AvgIpc) is 3.03. The monoisotopic (exact) mass is 274 g/mol. The molecule has 0 spiro atoms. The molecule has 0 aromatic carbocycles. The third-order valence-electron chi connectivity index (χ3n) is 4.14. The van der Waals surface area contributed by atoms with Crippen molar-refractivity contribution in [3.8, 4) is 0 Å². The van der Waals surface area contributed by atoms with Crippen molar-refractivity contribution in [2.45, 2.75) is 18.9 Å². The van der Waals surface area contributed by atoms with E-state index >= 15 is 0 Å². The van der Waals surface area contributed by atoms with Crippen LogP contribution < -0.4 is 5.32 Å². The van der Waals surface area contributed by atoms with Crippen molar-refractivity contribution >= 4 is 5.91 Å². The van der Waals surface area contributed by atoms with Gasteiger partial charge in [0.25, 0.3) is 0 Å². The number of aromatic nitrogens is 1. The van der Waals surface area contributed by atoms with Crippen LogP contribution in [0.15, 0.2) is 24.4 Å². The van der Waals surface area contributed by atoms with E-state index in [9.17, 15) is 4.79 Å². The lowest BCUT2D eigenvalue weighted by atomic mass is 10.1. The molecule has 20 heavy (non-hydrogen) atoms. The quantitative estimate of drug-likeness (QED) is 0.879. The van der Waals surface area contributed by atoms with Gasteiger partial charge in [-0.3, -0.25) is 14.7 Å². The van der Waals surface area contributed by atoms with Crippen molar-refractivity contribution in [1.29, 1.82) is 0 Å². The zero-order chi connectivity index (χ0) is 13.8. The normalized spacial score (nSPS) is 21.9. The van der Waals surface area contributed by atoms with Crippen molar-refractivity contribution in [3.05, 3.63) is 30.1 Å². The molecule has 2 fully saturated rings. The highest BCUT2D eigenvalue weighted by molar-refractivity contribution is 5.83. The molecule has 0 bridgehead atoms. The summed E-state index contributed by atoms with van der Waals surface area (Å²) in [6.45, 7) is 5.38. The predicted octanol–water partition coefficient (Wildman–Crippen LogP) is 0.650. The Morgan fingerprint density at radius 3 is 2.55 bits per heavy atom. The van der Waals surface area contributed by atoms with Crippen molar-refractivity contribution in [3.63, 3.8) is 0 Å². The molecule has 1 amide bonds. The van der Waals surface area contributed by atoms with E-state index in [-0.39, 0.29) is 11.9 Å². The maximum Gasteiger partial charge on any atom is 0.246 e. The summed E-state index contributed by atoms with van der Waals surface area (Å²) in [6, 6.07) is 5.65. The maximum absolute atomic E-state index is 12.9. The fraction of sp³-hybridized carbons (Fsp3) is 0.600. The number of amides is 1. The third-order valence-corrected chi connectivity index (χ3v) is 4.14. The van der Waals surface area contributed by atoms with Crippen LogP contribution in [0.3, 0.4) is 0 Å². The lowest BCUT2D eigenvalue weighted by Gasteiger charge is -2.34. The van der Waals surface area contributed by atoms with E-state index < -0.39 is 0 Å². The summed E-state index contributed by atoms with van der Waals surface area (Å²) in [5.74, 6) is 0.215. The Labute approximate surface area is 120 Å². The van der Waals surface area contributed by atoms with Gasteiger partial charge in [-0.1, -0.05) is 6.07 Å². The largest absolute Gasteiger partial charge is 0.338 e. The number of piperazine rings is 1. The molecule has 108 valence electrons. The molecular weight excluding hydrogens is 252 g/mol. The number of rotatable bonds is 3. The van der Waals surface area contributed by atoms with Gasteiger partial charge in [0.15, 0.2) is 0 Å². The van der Waals surface area contributed by atoms with Crippen LogP contribution in [0.2, 0.25) is 0 Å². The van der Waals surface area contributed by atoms with Crippen molar-refractivity contribution in [1.82, 2.24) is 20.1 Å². The zero-order valence-corrected chi connectivity index (χ0v) is 11.8. The molecule has 1 aromatic heterocycles. The van der Waals surface area contributed by atoms with E-state index in [2.05, 4.69) is 15.2 Å². The standard InChI is InChI=1S/C15H22N4O/c20-15(19-11-7-16-8-12-19)14(18-9-3-4-10-18)13-5-1-2-6-17-13/h1-2,5-6,14,16H,3-4,7-12H2. The molecule has 3 heterocycles. The topological polar surface area (TPSA) is 48.5 Å². The van der Waals surface area contributed by atoms with Gasteiger partial charge >= 0.3 is 0 Å². The molecule has 0 radical (unpaired) electrons. The fourth-order valence-electron chi connectivity index (χ4n) is 3.07. The fourth-order valence-corrected chi connectivity index (χ4v) is 3.07. The minimum Gasteiger partial charge on any atom is -0.338 e. The lowest BCUT2D eigenvalue weighted by molar-refractivity contribution is -0.137. The van der Waals surface area contributed by atoms with E-state index in [1.54, 1.807) is 6.20 Å². The number of hydrogen-bond acceptors (Lipinski definition) is 4. The molecule has 5 heteroatoms. The molecular formula is C15H22N4O. The lowest BCUT2D eigenvalue weighted by Crippen LogP contribution is -2.50. The van der Waals surface area contributed by atoms with Crippen molar-refractivity contribution in [2.75, 3.05) is 39.3 Å². The van der Waals surface area contributed by atoms with E-state index in [1.807, 2.05) is 23.1 Å². The highest BCUT2D eigenvalue weighted by Gasteiger charge is 2.34. The van der Waals surface area contributed by atoms with Crippen LogP contribution in [0.25, 0.3) is 0 Å². The first-order valence-electron chi connectivity index (χ1n) is 7.51. The molecule has 1 aromatic rings. The van der Waals surface area contributed by atoms with E-state index in [0.717, 1.165) is 45.0 Å². The number of pyridine rings is 1. The smallest absolute Gasteiger partial charge is 0.246 e. The van der Waals surface area contributed by atoms with Gasteiger partial charge in [0.05, 0.1) is 5.69 Å². The molecule has 3 rings (SSSR count). The first-order chi connectivity index (χ1) is 9.86. The van der Waals surface area contributed by atoms with Crippen LogP contribution in [-0.2, 0) is 4.79 Å². The van der Waals surface area contributed by atoms with Gasteiger partial charge in [0.1, 0.15) is 6.04 Å². The van der Waals surface area contributed by atoms with Gasteiger partial charge in [-0.25, -0.2) is 0 Å². The van der Waals surface area contributed by atoms with Crippen LogP contribution >= 0.6 is 0 Å². The first-order valence-corrected chi connectivity index (χ1v) is 7.51. The van der Waals surface area contributed by atoms with Crippen LogP contribution in [0.5, 0.6) is 0 Å². The summed E-state index contributed by atoms with van der Waals surface area (Å²) < 4.78 is 0. The van der Waals surface area contributed by atoms with Crippen LogP contribution in [0, 0.1) is 0 Å². The van der Waals surface area contributed by atoms with Gasteiger partial charge in [-0.15, -0.1) is 0 Å². The molecule has 2 saturated heterocycles. The molecule has 5 nitrogen and oxygen atoms in total. The Kier molecular flexibility index (Phi) is 4.28. The van der Waals surface area contributed by atoms with Crippen molar-refractivity contribution in [2.24, 2.45) is 0 Å². The van der Waals surface area contributed by atoms with Crippen molar-refractivity contribution < 1.29 is 4.79 Å². The molecule has 2 aliphatic rings. The Balaban J connectivity index is 1.82. The molecule has 1 N–H and O–H groups in total. The van der Waals surface area contributed by atoms with E-state index in [1.165, 1.54) is 12.8 Å². The van der Waals surface area contributed by atoms with Crippen LogP contribution in [0.1, 0.15) is 24.6 Å². The summed E-state index contributed by atoms with van der Waals surface area (Å²) in [5, 5.41) is 3.29. The number of nitrogens with one attached hydrogen (secondary N) is 1. The Bertz CT molecular complexity index is 438.